The summed E-state index contributed by atoms with van der Waals surface area (Å²) in [6, 6.07) is 0. The van der Waals surface area contributed by atoms with Gasteiger partial charge in [-0.15, -0.1) is 11.3 Å². The number of hydrogen-bond acceptors (Lipinski definition) is 4. The Balaban J connectivity index is 1.72. The van der Waals surface area contributed by atoms with Crippen LogP contribution in [0.15, 0.2) is 18.6 Å². The molecule has 0 bridgehead atoms. The molecule has 104 valence electrons. The minimum absolute atomic E-state index is 0.0875. The summed E-state index contributed by atoms with van der Waals surface area (Å²) in [5.74, 6) is 1.47. The normalized spacial score (nSPS) is 11.2. The van der Waals surface area contributed by atoms with Gasteiger partial charge in [-0.05, 0) is 13.8 Å². The molecule has 3 aromatic heterocycles. The number of rotatable bonds is 3. The Bertz CT molecular complexity index is 750. The number of anilines is 1. The molecule has 20 heavy (non-hydrogen) atoms. The number of nitrogens with one attached hydrogen (secondary N) is 1. The predicted octanol–water partition coefficient (Wildman–Crippen LogP) is 1.93. The van der Waals surface area contributed by atoms with Gasteiger partial charge in [-0.25, -0.2) is 9.97 Å². The van der Waals surface area contributed by atoms with E-state index in [4.69, 9.17) is 0 Å². The third kappa shape index (κ3) is 2.32. The van der Waals surface area contributed by atoms with Crippen molar-refractivity contribution >= 4 is 28.0 Å². The van der Waals surface area contributed by atoms with Crippen molar-refractivity contribution in [2.45, 2.75) is 20.3 Å². The molecule has 0 spiro atoms. The van der Waals surface area contributed by atoms with Crippen LogP contribution >= 0.6 is 11.3 Å². The Morgan fingerprint density at radius 1 is 1.40 bits per heavy atom. The second-order valence-electron chi connectivity index (χ2n) is 4.74. The number of carbonyl (C=O) groups is 1. The molecule has 0 aliphatic carbocycles. The average molecular weight is 289 g/mol. The highest BCUT2D eigenvalue weighted by molar-refractivity contribution is 7.16. The van der Waals surface area contributed by atoms with Gasteiger partial charge in [0.2, 0.25) is 5.91 Å². The minimum Gasteiger partial charge on any atom is -0.318 e. The molecule has 0 saturated heterocycles. The first-order valence-corrected chi connectivity index (χ1v) is 7.07. The van der Waals surface area contributed by atoms with Crippen LogP contribution in [0.4, 0.5) is 5.82 Å². The lowest BCUT2D eigenvalue weighted by molar-refractivity contribution is -0.115. The van der Waals surface area contributed by atoms with Crippen LogP contribution in [0.1, 0.15) is 16.4 Å². The van der Waals surface area contributed by atoms with E-state index >= 15 is 0 Å². The zero-order valence-electron chi connectivity index (χ0n) is 11.5. The number of imidazole rings is 2. The summed E-state index contributed by atoms with van der Waals surface area (Å²) in [6.45, 7) is 3.93. The fourth-order valence-electron chi connectivity index (χ4n) is 2.01. The summed E-state index contributed by atoms with van der Waals surface area (Å²) in [7, 11) is 1.87. The largest absolute Gasteiger partial charge is 0.318 e. The first kappa shape index (κ1) is 12.9. The van der Waals surface area contributed by atoms with Crippen molar-refractivity contribution in [3.05, 3.63) is 35.0 Å². The number of fused-ring (bicyclic) bond motifs is 1. The fraction of sp³-hybridized carbons (Fsp3) is 0.308. The quantitative estimate of drug-likeness (QED) is 0.801. The molecular formula is C13H15N5OS. The molecular weight excluding hydrogens is 274 g/mol. The van der Waals surface area contributed by atoms with E-state index in [1.54, 1.807) is 17.5 Å². The lowest BCUT2D eigenvalue weighted by atomic mass is 10.3. The lowest BCUT2D eigenvalue weighted by Crippen LogP contribution is -2.16. The molecule has 3 heterocycles. The maximum Gasteiger partial charge on any atom is 0.231 e. The number of aromatic nitrogens is 4. The standard InChI is InChI=1S/C13H15N5OS/c1-8-6-18-7-10(15-13(18)20-8)4-12(19)16-11-5-14-9(2)17(11)3/h5-7H,4H2,1-3H3,(H,16,19). The summed E-state index contributed by atoms with van der Waals surface area (Å²) < 4.78 is 3.80. The summed E-state index contributed by atoms with van der Waals surface area (Å²) >= 11 is 1.62. The Labute approximate surface area is 120 Å². The molecule has 0 saturated carbocycles. The number of amides is 1. The molecule has 1 N–H and O–H groups in total. The highest BCUT2D eigenvalue weighted by Gasteiger charge is 2.11. The van der Waals surface area contributed by atoms with Gasteiger partial charge in [-0.3, -0.25) is 9.20 Å². The molecule has 0 aliphatic rings. The fourth-order valence-corrected chi connectivity index (χ4v) is 2.84. The number of hydrogen-bond donors (Lipinski definition) is 1. The molecule has 0 aliphatic heterocycles. The zero-order chi connectivity index (χ0) is 14.3. The highest BCUT2D eigenvalue weighted by atomic mass is 32.1. The molecule has 0 aromatic carbocycles. The lowest BCUT2D eigenvalue weighted by Gasteiger charge is -2.04. The van der Waals surface area contributed by atoms with Gasteiger partial charge < -0.3 is 9.88 Å². The summed E-state index contributed by atoms with van der Waals surface area (Å²) in [4.78, 5) is 22.7. The van der Waals surface area contributed by atoms with Crippen LogP contribution in [0.2, 0.25) is 0 Å². The molecule has 7 heteroatoms. The number of thiazole rings is 1. The van der Waals surface area contributed by atoms with Crippen molar-refractivity contribution in [2.75, 3.05) is 5.32 Å². The monoisotopic (exact) mass is 289 g/mol. The van der Waals surface area contributed by atoms with Crippen molar-refractivity contribution in [3.63, 3.8) is 0 Å². The Hall–Kier alpha value is -2.15. The third-order valence-electron chi connectivity index (χ3n) is 3.15. The molecule has 6 nitrogen and oxygen atoms in total. The van der Waals surface area contributed by atoms with E-state index in [0.29, 0.717) is 5.82 Å². The number of aryl methyl sites for hydroxylation is 2. The van der Waals surface area contributed by atoms with Crippen molar-refractivity contribution in [1.82, 2.24) is 18.9 Å². The third-order valence-corrected chi connectivity index (χ3v) is 4.06. The van der Waals surface area contributed by atoms with Gasteiger partial charge in [0.25, 0.3) is 0 Å². The summed E-state index contributed by atoms with van der Waals surface area (Å²) in [6.07, 6.45) is 5.83. The first-order chi connectivity index (χ1) is 9.52. The van der Waals surface area contributed by atoms with Gasteiger partial charge in [0, 0.05) is 24.3 Å². The Morgan fingerprint density at radius 3 is 2.85 bits per heavy atom. The van der Waals surface area contributed by atoms with Gasteiger partial charge in [0.15, 0.2) is 4.96 Å². The van der Waals surface area contributed by atoms with E-state index in [2.05, 4.69) is 15.3 Å². The van der Waals surface area contributed by atoms with E-state index in [-0.39, 0.29) is 12.3 Å². The Morgan fingerprint density at radius 2 is 2.20 bits per heavy atom. The van der Waals surface area contributed by atoms with E-state index < -0.39 is 0 Å². The topological polar surface area (TPSA) is 64.2 Å². The predicted molar refractivity (Wildman–Crippen MR) is 78.1 cm³/mol. The number of carbonyl (C=O) groups excluding carboxylic acids is 1. The second-order valence-corrected chi connectivity index (χ2v) is 5.95. The van der Waals surface area contributed by atoms with Crippen LogP contribution in [0, 0.1) is 13.8 Å². The van der Waals surface area contributed by atoms with Crippen LogP contribution in [0.25, 0.3) is 4.96 Å². The summed E-state index contributed by atoms with van der Waals surface area (Å²) in [5.41, 5.74) is 0.771. The van der Waals surface area contributed by atoms with E-state index in [1.807, 2.05) is 42.3 Å². The molecule has 1 amide bonds. The molecule has 0 atom stereocenters. The number of nitrogens with zero attached hydrogens (tertiary/aromatic N) is 4. The average Bonchev–Trinajstić information content (AvgIpc) is 2.97. The molecule has 0 fully saturated rings. The summed E-state index contributed by atoms with van der Waals surface area (Å²) in [5, 5.41) is 2.84. The zero-order valence-corrected chi connectivity index (χ0v) is 12.4. The van der Waals surface area contributed by atoms with Crippen molar-refractivity contribution < 1.29 is 4.79 Å². The highest BCUT2D eigenvalue weighted by Crippen LogP contribution is 2.17. The maximum absolute atomic E-state index is 12.0. The maximum atomic E-state index is 12.0. The van der Waals surface area contributed by atoms with Crippen LogP contribution in [0.5, 0.6) is 0 Å². The smallest absolute Gasteiger partial charge is 0.231 e. The van der Waals surface area contributed by atoms with Gasteiger partial charge >= 0.3 is 0 Å². The van der Waals surface area contributed by atoms with E-state index in [1.165, 1.54) is 4.88 Å². The van der Waals surface area contributed by atoms with Crippen LogP contribution in [0.3, 0.4) is 0 Å². The minimum atomic E-state index is -0.0875. The van der Waals surface area contributed by atoms with Crippen LogP contribution in [-0.4, -0.2) is 24.8 Å². The SMILES string of the molecule is Cc1cn2cc(CC(=O)Nc3cnc(C)n3C)nc2s1. The van der Waals surface area contributed by atoms with Gasteiger partial charge in [-0.2, -0.15) is 0 Å². The van der Waals surface area contributed by atoms with Gasteiger partial charge in [0.05, 0.1) is 18.3 Å². The molecule has 0 unspecified atom stereocenters. The molecule has 3 rings (SSSR count). The van der Waals surface area contributed by atoms with Gasteiger partial charge in [-0.1, -0.05) is 0 Å². The van der Waals surface area contributed by atoms with Crippen LogP contribution in [-0.2, 0) is 18.3 Å². The van der Waals surface area contributed by atoms with Gasteiger partial charge in [0.1, 0.15) is 11.6 Å². The second kappa shape index (κ2) is 4.75. The molecule has 3 aromatic rings. The first-order valence-electron chi connectivity index (χ1n) is 6.25. The van der Waals surface area contributed by atoms with Crippen molar-refractivity contribution in [1.29, 1.82) is 0 Å². The van der Waals surface area contributed by atoms with Crippen molar-refractivity contribution in [2.24, 2.45) is 7.05 Å². The van der Waals surface area contributed by atoms with Crippen LogP contribution < -0.4 is 5.32 Å². The van der Waals surface area contributed by atoms with E-state index in [0.717, 1.165) is 16.5 Å². The van der Waals surface area contributed by atoms with E-state index in [9.17, 15) is 4.79 Å². The molecule has 0 radical (unpaired) electrons. The Kier molecular flexibility index (Phi) is 3.06. The van der Waals surface area contributed by atoms with Crippen molar-refractivity contribution in [3.8, 4) is 0 Å².